The second-order valence-electron chi connectivity index (χ2n) is 9.67. The van der Waals surface area contributed by atoms with Crippen molar-refractivity contribution >= 4 is 27.6 Å². The van der Waals surface area contributed by atoms with Crippen molar-refractivity contribution in [2.24, 2.45) is 5.92 Å². The van der Waals surface area contributed by atoms with E-state index < -0.39 is 15.9 Å². The maximum absolute atomic E-state index is 13.3. The van der Waals surface area contributed by atoms with Crippen molar-refractivity contribution in [3.8, 4) is 17.1 Å². The van der Waals surface area contributed by atoms with Gasteiger partial charge >= 0.3 is 0 Å². The second kappa shape index (κ2) is 10.7. The molecule has 11 heteroatoms. The first-order chi connectivity index (χ1) is 17.5. The number of anilines is 2. The predicted molar refractivity (Wildman–Crippen MR) is 146 cm³/mol. The minimum Gasteiger partial charge on any atom is -0.493 e. The van der Waals surface area contributed by atoms with Crippen molar-refractivity contribution in [2.75, 3.05) is 17.2 Å². The van der Waals surface area contributed by atoms with Crippen LogP contribution < -0.4 is 20.1 Å². The van der Waals surface area contributed by atoms with Gasteiger partial charge in [0.2, 0.25) is 0 Å². The highest BCUT2D eigenvalue weighted by Gasteiger charge is 2.33. The van der Waals surface area contributed by atoms with E-state index >= 15 is 0 Å². The number of amides is 1. The van der Waals surface area contributed by atoms with E-state index in [9.17, 15) is 13.2 Å². The van der Waals surface area contributed by atoms with Crippen LogP contribution in [0.5, 0.6) is 5.75 Å². The quantitative estimate of drug-likeness (QED) is 0.441. The van der Waals surface area contributed by atoms with Crippen molar-refractivity contribution in [3.63, 3.8) is 0 Å². The third-order valence-corrected chi connectivity index (χ3v) is 7.37. The second-order valence-corrected chi connectivity index (χ2v) is 11.3. The van der Waals surface area contributed by atoms with E-state index in [1.54, 1.807) is 30.5 Å². The van der Waals surface area contributed by atoms with Crippen LogP contribution in [0.4, 0.5) is 11.6 Å². The Hall–Kier alpha value is -3.73. The lowest BCUT2D eigenvalue weighted by molar-refractivity contribution is 0.0981. The van der Waals surface area contributed by atoms with Crippen LogP contribution in [0.25, 0.3) is 11.4 Å². The topological polar surface area (TPSA) is 140 Å². The molecule has 0 aromatic carbocycles. The summed E-state index contributed by atoms with van der Waals surface area (Å²) in [6, 6.07) is 11.3. The third kappa shape index (κ3) is 5.99. The van der Waals surface area contributed by atoms with E-state index in [1.165, 1.54) is 18.2 Å². The van der Waals surface area contributed by atoms with Gasteiger partial charge in [-0.05, 0) is 62.9 Å². The Morgan fingerprint density at radius 3 is 2.54 bits per heavy atom. The Morgan fingerprint density at radius 2 is 1.86 bits per heavy atom. The largest absolute Gasteiger partial charge is 0.493 e. The van der Waals surface area contributed by atoms with Crippen molar-refractivity contribution in [1.29, 1.82) is 0 Å². The van der Waals surface area contributed by atoms with Gasteiger partial charge in [0.15, 0.2) is 5.03 Å². The summed E-state index contributed by atoms with van der Waals surface area (Å²) in [5.74, 6) is 0.683. The number of ether oxygens (including phenoxy) is 1. The molecular weight excluding hydrogens is 492 g/mol. The number of carbonyl (C=O) groups is 1. The summed E-state index contributed by atoms with van der Waals surface area (Å²) in [4.78, 5) is 28.5. The number of rotatable bonds is 8. The number of hydrogen-bond acceptors (Lipinski definition) is 9. The van der Waals surface area contributed by atoms with E-state index in [-0.39, 0.29) is 31.3 Å². The molecule has 1 amide bonds. The smallest absolute Gasteiger partial charge is 0.281 e. The SMILES string of the molecule is CC(C)COc1ccnc(-c2ccc(C(=O)NS(=O)(=O)c3cccc(N)n3)c(N3[C@H](C)CC[C@@H]3C)n2)c1.[HH].[HH]. The van der Waals surface area contributed by atoms with Crippen molar-refractivity contribution in [1.82, 2.24) is 19.7 Å². The van der Waals surface area contributed by atoms with Gasteiger partial charge in [0.05, 0.1) is 23.6 Å². The zero-order valence-corrected chi connectivity index (χ0v) is 22.2. The molecule has 0 aliphatic carbocycles. The molecule has 3 N–H and O–H groups in total. The van der Waals surface area contributed by atoms with Crippen LogP contribution >= 0.6 is 0 Å². The first-order valence-corrected chi connectivity index (χ1v) is 13.7. The average Bonchev–Trinajstić information content (AvgIpc) is 3.19. The number of nitrogen functional groups attached to an aromatic ring is 1. The third-order valence-electron chi connectivity index (χ3n) is 6.14. The van der Waals surface area contributed by atoms with Gasteiger partial charge in [-0.3, -0.25) is 9.78 Å². The fourth-order valence-corrected chi connectivity index (χ4v) is 5.23. The molecule has 0 spiro atoms. The average molecular weight is 529 g/mol. The fraction of sp³-hybridized carbons (Fsp3) is 0.385. The van der Waals surface area contributed by atoms with E-state index in [1.807, 2.05) is 0 Å². The minimum atomic E-state index is -4.24. The number of nitrogens with zero attached hydrogens (tertiary/aromatic N) is 4. The van der Waals surface area contributed by atoms with Crippen LogP contribution in [0.1, 0.15) is 53.7 Å². The molecule has 4 heterocycles. The molecule has 1 fully saturated rings. The lowest BCUT2D eigenvalue weighted by atomic mass is 10.1. The van der Waals surface area contributed by atoms with Gasteiger partial charge in [0.25, 0.3) is 15.9 Å². The molecule has 4 rings (SSSR count). The highest BCUT2D eigenvalue weighted by atomic mass is 32.2. The molecule has 0 radical (unpaired) electrons. The van der Waals surface area contributed by atoms with Crippen molar-refractivity contribution in [3.05, 3.63) is 54.2 Å². The lowest BCUT2D eigenvalue weighted by Gasteiger charge is -2.29. The van der Waals surface area contributed by atoms with Gasteiger partial charge in [-0.2, -0.15) is 8.42 Å². The Labute approximate surface area is 220 Å². The van der Waals surface area contributed by atoms with Crippen LogP contribution in [0.2, 0.25) is 0 Å². The zero-order chi connectivity index (χ0) is 26.7. The lowest BCUT2D eigenvalue weighted by Crippen LogP contribution is -2.37. The van der Waals surface area contributed by atoms with Gasteiger partial charge in [-0.1, -0.05) is 19.9 Å². The van der Waals surface area contributed by atoms with Crippen LogP contribution in [0.15, 0.2) is 53.7 Å². The number of hydrogen-bond donors (Lipinski definition) is 2. The van der Waals surface area contributed by atoms with Crippen molar-refractivity contribution in [2.45, 2.75) is 57.6 Å². The van der Waals surface area contributed by atoms with Crippen molar-refractivity contribution < 1.29 is 20.8 Å². The zero-order valence-electron chi connectivity index (χ0n) is 21.4. The fourth-order valence-electron chi connectivity index (χ4n) is 4.29. The van der Waals surface area contributed by atoms with Crippen LogP contribution in [-0.2, 0) is 10.0 Å². The summed E-state index contributed by atoms with van der Waals surface area (Å²) in [6.07, 6.45) is 3.51. The molecule has 1 saturated heterocycles. The van der Waals surface area contributed by atoms with E-state index in [0.29, 0.717) is 35.5 Å². The van der Waals surface area contributed by atoms with Crippen LogP contribution in [0.3, 0.4) is 0 Å². The molecule has 0 unspecified atom stereocenters. The molecule has 0 bridgehead atoms. The van der Waals surface area contributed by atoms with Gasteiger partial charge in [0, 0.05) is 27.2 Å². The molecule has 0 saturated carbocycles. The predicted octanol–water partition coefficient (Wildman–Crippen LogP) is 4.14. The standard InChI is InChI=1S/C26H32N6O4S.2H2/c1-16(2)15-36-19-12-13-28-22(14-19)21-11-10-20(25(29-21)32-17(3)8-9-18(32)4)26(33)31-37(34,35)24-7-5-6-23(27)30-24;;/h5-7,10-14,16-18H,8-9,15H2,1-4H3,(H2,27,30)(H,31,33);2*1H/t17-,18+;;. The summed E-state index contributed by atoms with van der Waals surface area (Å²) in [6.45, 7) is 8.83. The number of aromatic nitrogens is 3. The van der Waals surface area contributed by atoms with Gasteiger partial charge in [0.1, 0.15) is 17.4 Å². The molecule has 1 aliphatic rings. The monoisotopic (exact) mass is 528 g/mol. The molecule has 3 aromatic heterocycles. The normalized spacial score (nSPS) is 17.7. The Balaban J connectivity index is 0.00000267. The molecular formula is C26H36N6O4S. The molecule has 3 aromatic rings. The molecule has 1 aliphatic heterocycles. The highest BCUT2D eigenvalue weighted by Crippen LogP contribution is 2.33. The molecule has 10 nitrogen and oxygen atoms in total. The van der Waals surface area contributed by atoms with E-state index in [0.717, 1.165) is 12.8 Å². The highest BCUT2D eigenvalue weighted by molar-refractivity contribution is 7.90. The summed E-state index contributed by atoms with van der Waals surface area (Å²) in [5, 5.41) is -0.336. The number of nitrogens with two attached hydrogens (primary N) is 1. The van der Waals surface area contributed by atoms with Gasteiger partial charge in [-0.25, -0.2) is 14.7 Å². The first kappa shape index (κ1) is 26.3. The van der Waals surface area contributed by atoms with E-state index in [4.69, 9.17) is 15.5 Å². The Bertz CT molecular complexity index is 1400. The number of nitrogens with one attached hydrogen (secondary N) is 1. The molecule has 37 heavy (non-hydrogen) atoms. The molecule has 2 atom stereocenters. The summed E-state index contributed by atoms with van der Waals surface area (Å²) in [5.41, 5.74) is 6.91. The van der Waals surface area contributed by atoms with Gasteiger partial charge < -0.3 is 15.4 Å². The minimum absolute atomic E-state index is 0. The Morgan fingerprint density at radius 1 is 1.14 bits per heavy atom. The van der Waals surface area contributed by atoms with Crippen LogP contribution in [0, 0.1) is 5.92 Å². The number of carbonyl (C=O) groups excluding carboxylic acids is 1. The number of sulfonamides is 1. The first-order valence-electron chi connectivity index (χ1n) is 12.2. The van der Waals surface area contributed by atoms with E-state index in [2.05, 4.69) is 47.3 Å². The molecule has 200 valence electrons. The van der Waals surface area contributed by atoms with Crippen LogP contribution in [-0.4, -0.2) is 48.0 Å². The maximum Gasteiger partial charge on any atom is 0.281 e. The summed E-state index contributed by atoms with van der Waals surface area (Å²) < 4.78 is 33.7. The van der Waals surface area contributed by atoms with Gasteiger partial charge in [-0.15, -0.1) is 0 Å². The Kier molecular flexibility index (Phi) is 7.63. The summed E-state index contributed by atoms with van der Waals surface area (Å²) in [7, 11) is -4.24. The number of pyridine rings is 3. The summed E-state index contributed by atoms with van der Waals surface area (Å²) >= 11 is 0. The maximum atomic E-state index is 13.3.